The number of benzene rings is 2. The third kappa shape index (κ3) is 3.32. The van der Waals surface area contributed by atoms with Crippen molar-refractivity contribution in [2.45, 2.75) is 0 Å². The third-order valence-electron chi connectivity index (χ3n) is 2.58. The fourth-order valence-corrected chi connectivity index (χ4v) is 1.84. The molecule has 0 fully saturated rings. The molecule has 5 nitrogen and oxygen atoms in total. The van der Waals surface area contributed by atoms with Crippen molar-refractivity contribution in [2.75, 3.05) is 5.32 Å². The molecule has 0 aromatic heterocycles. The van der Waals surface area contributed by atoms with Gasteiger partial charge in [0, 0.05) is 12.1 Å². The van der Waals surface area contributed by atoms with Crippen molar-refractivity contribution < 1.29 is 18.5 Å². The Morgan fingerprint density at radius 1 is 1.19 bits per heavy atom. The SMILES string of the molecule is O=C(Nc1cc([N+](=O)[O-])ccc1F)c1ccc(F)cc1Cl. The summed E-state index contributed by atoms with van der Waals surface area (Å²) in [5.74, 6) is -2.27. The van der Waals surface area contributed by atoms with Crippen LogP contribution in [0.1, 0.15) is 10.4 Å². The van der Waals surface area contributed by atoms with E-state index in [4.69, 9.17) is 11.6 Å². The molecule has 1 amide bonds. The van der Waals surface area contributed by atoms with Crippen LogP contribution in [0.15, 0.2) is 36.4 Å². The van der Waals surface area contributed by atoms with Crippen LogP contribution >= 0.6 is 11.6 Å². The molecule has 0 heterocycles. The second-order valence-corrected chi connectivity index (χ2v) is 4.41. The lowest BCUT2D eigenvalue weighted by Crippen LogP contribution is -2.14. The van der Waals surface area contributed by atoms with Gasteiger partial charge in [-0.1, -0.05) is 11.6 Å². The highest BCUT2D eigenvalue weighted by molar-refractivity contribution is 6.34. The number of nitro groups is 1. The summed E-state index contributed by atoms with van der Waals surface area (Å²) in [6.07, 6.45) is 0. The second-order valence-electron chi connectivity index (χ2n) is 4.00. The zero-order valence-corrected chi connectivity index (χ0v) is 11.0. The minimum atomic E-state index is -0.841. The van der Waals surface area contributed by atoms with Gasteiger partial charge in [0.15, 0.2) is 0 Å². The molecule has 0 atom stereocenters. The highest BCUT2D eigenvalue weighted by Gasteiger charge is 2.16. The fraction of sp³-hybridized carbons (Fsp3) is 0. The molecule has 21 heavy (non-hydrogen) atoms. The van der Waals surface area contributed by atoms with Crippen molar-refractivity contribution in [2.24, 2.45) is 0 Å². The van der Waals surface area contributed by atoms with E-state index in [1.54, 1.807) is 0 Å². The van der Waals surface area contributed by atoms with Gasteiger partial charge in [-0.05, 0) is 24.3 Å². The van der Waals surface area contributed by atoms with Crippen LogP contribution in [-0.4, -0.2) is 10.8 Å². The molecule has 2 aromatic carbocycles. The molecule has 2 rings (SSSR count). The van der Waals surface area contributed by atoms with Crippen LogP contribution in [-0.2, 0) is 0 Å². The van der Waals surface area contributed by atoms with Crippen molar-refractivity contribution in [3.63, 3.8) is 0 Å². The van der Waals surface area contributed by atoms with E-state index in [2.05, 4.69) is 5.32 Å². The van der Waals surface area contributed by atoms with Gasteiger partial charge in [-0.2, -0.15) is 0 Å². The summed E-state index contributed by atoms with van der Waals surface area (Å²) in [6, 6.07) is 5.79. The van der Waals surface area contributed by atoms with Crippen molar-refractivity contribution in [3.8, 4) is 0 Å². The van der Waals surface area contributed by atoms with Crippen LogP contribution in [0.25, 0.3) is 0 Å². The van der Waals surface area contributed by atoms with Gasteiger partial charge in [0.25, 0.3) is 11.6 Å². The largest absolute Gasteiger partial charge is 0.319 e. The predicted octanol–water partition coefficient (Wildman–Crippen LogP) is 3.78. The van der Waals surface area contributed by atoms with Gasteiger partial charge >= 0.3 is 0 Å². The Bertz CT molecular complexity index is 737. The van der Waals surface area contributed by atoms with E-state index in [9.17, 15) is 23.7 Å². The lowest BCUT2D eigenvalue weighted by molar-refractivity contribution is -0.384. The van der Waals surface area contributed by atoms with E-state index >= 15 is 0 Å². The van der Waals surface area contributed by atoms with Gasteiger partial charge in [-0.3, -0.25) is 14.9 Å². The van der Waals surface area contributed by atoms with Gasteiger partial charge in [0.1, 0.15) is 11.6 Å². The van der Waals surface area contributed by atoms with Gasteiger partial charge in [0.05, 0.1) is 21.2 Å². The van der Waals surface area contributed by atoms with Gasteiger partial charge in [0.2, 0.25) is 0 Å². The number of nitro benzene ring substituents is 1. The van der Waals surface area contributed by atoms with Gasteiger partial charge < -0.3 is 5.32 Å². The minimum Gasteiger partial charge on any atom is -0.319 e. The zero-order valence-electron chi connectivity index (χ0n) is 10.3. The minimum absolute atomic E-state index is 0.0797. The normalized spacial score (nSPS) is 10.2. The van der Waals surface area contributed by atoms with Crippen LogP contribution in [0.2, 0.25) is 5.02 Å². The standard InChI is InChI=1S/C13H7ClF2N2O3/c14-10-5-7(15)1-3-9(10)13(19)17-12-6-8(18(20)21)2-4-11(12)16/h1-6H,(H,17,19). The summed E-state index contributed by atoms with van der Waals surface area (Å²) < 4.78 is 26.4. The Labute approximate surface area is 122 Å². The Hall–Kier alpha value is -2.54. The van der Waals surface area contributed by atoms with E-state index in [0.717, 1.165) is 36.4 Å². The molecule has 0 aliphatic heterocycles. The Morgan fingerprint density at radius 3 is 2.52 bits per heavy atom. The smallest absolute Gasteiger partial charge is 0.271 e. The quantitative estimate of drug-likeness (QED) is 0.692. The summed E-state index contributed by atoms with van der Waals surface area (Å²) in [7, 11) is 0. The lowest BCUT2D eigenvalue weighted by Gasteiger charge is -2.07. The molecular formula is C13H7ClF2N2O3. The van der Waals surface area contributed by atoms with Crippen molar-refractivity contribution in [1.82, 2.24) is 0 Å². The summed E-state index contributed by atoms with van der Waals surface area (Å²) >= 11 is 5.71. The number of nitrogens with one attached hydrogen (secondary N) is 1. The molecule has 108 valence electrons. The van der Waals surface area contributed by atoms with Crippen molar-refractivity contribution >= 4 is 28.9 Å². The van der Waals surface area contributed by atoms with Crippen LogP contribution in [0.3, 0.4) is 0 Å². The zero-order chi connectivity index (χ0) is 15.6. The number of carbonyl (C=O) groups excluding carboxylic acids is 1. The first-order valence-corrected chi connectivity index (χ1v) is 5.96. The van der Waals surface area contributed by atoms with Crippen molar-refractivity contribution in [3.05, 3.63) is 68.7 Å². The van der Waals surface area contributed by atoms with Gasteiger partial charge in [-0.15, -0.1) is 0 Å². The number of non-ortho nitro benzene ring substituents is 1. The Balaban J connectivity index is 2.31. The third-order valence-corrected chi connectivity index (χ3v) is 2.90. The molecule has 0 radical (unpaired) electrons. The number of hydrogen-bond acceptors (Lipinski definition) is 3. The maximum absolute atomic E-state index is 13.5. The van der Waals surface area contributed by atoms with Crippen LogP contribution < -0.4 is 5.32 Å². The number of amides is 1. The van der Waals surface area contributed by atoms with Gasteiger partial charge in [-0.25, -0.2) is 8.78 Å². The highest BCUT2D eigenvalue weighted by Crippen LogP contribution is 2.23. The molecule has 0 spiro atoms. The average Bonchev–Trinajstić information content (AvgIpc) is 2.40. The number of hydrogen-bond donors (Lipinski definition) is 1. The Morgan fingerprint density at radius 2 is 1.90 bits per heavy atom. The van der Waals surface area contributed by atoms with E-state index < -0.39 is 22.5 Å². The number of anilines is 1. The van der Waals surface area contributed by atoms with E-state index in [1.807, 2.05) is 0 Å². The molecule has 0 aliphatic rings. The summed E-state index contributed by atoms with van der Waals surface area (Å²) in [6.45, 7) is 0. The first kappa shape index (κ1) is 14.9. The topological polar surface area (TPSA) is 72.2 Å². The maximum Gasteiger partial charge on any atom is 0.271 e. The average molecular weight is 313 g/mol. The first-order chi connectivity index (χ1) is 9.88. The highest BCUT2D eigenvalue weighted by atomic mass is 35.5. The maximum atomic E-state index is 13.5. The molecular weight excluding hydrogens is 306 g/mol. The number of halogens is 3. The molecule has 0 saturated heterocycles. The van der Waals surface area contributed by atoms with E-state index in [0.29, 0.717) is 0 Å². The monoisotopic (exact) mass is 312 g/mol. The van der Waals surface area contributed by atoms with Crippen LogP contribution in [0.4, 0.5) is 20.2 Å². The predicted molar refractivity (Wildman–Crippen MR) is 72.4 cm³/mol. The molecule has 2 aromatic rings. The molecule has 0 unspecified atom stereocenters. The molecule has 8 heteroatoms. The second kappa shape index (κ2) is 5.84. The molecule has 0 bridgehead atoms. The summed E-state index contributed by atoms with van der Waals surface area (Å²) in [4.78, 5) is 21.8. The lowest BCUT2D eigenvalue weighted by atomic mass is 10.2. The number of nitrogens with zero attached hydrogens (tertiary/aromatic N) is 1. The summed E-state index contributed by atoms with van der Waals surface area (Å²) in [5, 5.41) is 12.6. The Kier molecular flexibility index (Phi) is 4.13. The number of rotatable bonds is 3. The van der Waals surface area contributed by atoms with Crippen LogP contribution in [0, 0.1) is 21.7 Å². The summed E-state index contributed by atoms with van der Waals surface area (Å²) in [5.41, 5.74) is -0.824. The first-order valence-electron chi connectivity index (χ1n) is 5.59. The fourth-order valence-electron chi connectivity index (χ4n) is 1.59. The molecule has 0 aliphatic carbocycles. The van der Waals surface area contributed by atoms with E-state index in [1.165, 1.54) is 0 Å². The van der Waals surface area contributed by atoms with Crippen LogP contribution in [0.5, 0.6) is 0 Å². The van der Waals surface area contributed by atoms with E-state index in [-0.39, 0.29) is 22.0 Å². The number of carbonyl (C=O) groups is 1. The molecule has 0 saturated carbocycles. The molecule has 1 N–H and O–H groups in total. The van der Waals surface area contributed by atoms with Crippen molar-refractivity contribution in [1.29, 1.82) is 0 Å².